The van der Waals surface area contributed by atoms with E-state index in [9.17, 15) is 0 Å². The maximum absolute atomic E-state index is 8.36. The number of ether oxygens (including phenoxy) is 1. The normalized spacial score (nSPS) is 10.1. The molecule has 0 fully saturated rings. The average Bonchev–Trinajstić information content (AvgIpc) is 2.45. The molecule has 2 aromatic rings. The van der Waals surface area contributed by atoms with Gasteiger partial charge in [-0.3, -0.25) is 5.41 Å². The number of benzene rings is 1. The number of rotatable bonds is 4. The van der Waals surface area contributed by atoms with Crippen molar-refractivity contribution in [3.63, 3.8) is 0 Å². The van der Waals surface area contributed by atoms with Crippen molar-refractivity contribution in [2.45, 2.75) is 6.92 Å². The van der Waals surface area contributed by atoms with Crippen molar-refractivity contribution in [3.8, 4) is 5.88 Å². The third kappa shape index (κ3) is 2.54. The molecule has 0 aliphatic heterocycles. The number of methoxy groups -OCH3 is 1. The van der Waals surface area contributed by atoms with E-state index in [-0.39, 0.29) is 0 Å². The van der Waals surface area contributed by atoms with E-state index in [0.717, 1.165) is 11.1 Å². The minimum atomic E-state index is 0.338. The summed E-state index contributed by atoms with van der Waals surface area (Å²) in [5.41, 5.74) is 2.82. The fraction of sp³-hybridized carbons (Fsp3) is 0.214. The quantitative estimate of drug-likeness (QED) is 0.823. The Morgan fingerprint density at radius 1 is 1.32 bits per heavy atom. The van der Waals surface area contributed by atoms with Crippen molar-refractivity contribution in [2.75, 3.05) is 19.5 Å². The Morgan fingerprint density at radius 2 is 2.11 bits per heavy atom. The van der Waals surface area contributed by atoms with E-state index >= 15 is 0 Å². The van der Waals surface area contributed by atoms with E-state index in [1.54, 1.807) is 7.05 Å². The standard InChI is InChI=1S/C14H16N4O/c1-9-5-4-6-10(7-9)12(15)11-13(16-2)17-8-18-14(11)19-3/h4-8,15H,1-3H3,(H,16,17,18). The zero-order valence-electron chi connectivity index (χ0n) is 11.2. The van der Waals surface area contributed by atoms with Gasteiger partial charge in [0.15, 0.2) is 0 Å². The van der Waals surface area contributed by atoms with Crippen LogP contribution in [0.4, 0.5) is 5.82 Å². The van der Waals surface area contributed by atoms with Crippen molar-refractivity contribution in [3.05, 3.63) is 47.3 Å². The molecule has 0 aliphatic rings. The summed E-state index contributed by atoms with van der Waals surface area (Å²) in [6, 6.07) is 7.76. The minimum absolute atomic E-state index is 0.338. The van der Waals surface area contributed by atoms with Gasteiger partial charge >= 0.3 is 0 Å². The van der Waals surface area contributed by atoms with Crippen LogP contribution in [0.5, 0.6) is 5.88 Å². The first-order chi connectivity index (χ1) is 9.17. The fourth-order valence-electron chi connectivity index (χ4n) is 1.88. The molecular formula is C14H16N4O. The van der Waals surface area contributed by atoms with E-state index in [2.05, 4.69) is 15.3 Å². The Bertz CT molecular complexity index is 588. The molecule has 1 heterocycles. The molecule has 5 heteroatoms. The second-order valence-corrected chi connectivity index (χ2v) is 4.10. The van der Waals surface area contributed by atoms with Crippen LogP contribution in [-0.2, 0) is 0 Å². The summed E-state index contributed by atoms with van der Waals surface area (Å²) in [5, 5.41) is 11.3. The average molecular weight is 256 g/mol. The fourth-order valence-corrected chi connectivity index (χ4v) is 1.88. The van der Waals surface area contributed by atoms with Crippen LogP contribution in [0.2, 0.25) is 0 Å². The van der Waals surface area contributed by atoms with Gasteiger partial charge in [-0.05, 0) is 13.0 Å². The highest BCUT2D eigenvalue weighted by atomic mass is 16.5. The van der Waals surface area contributed by atoms with Crippen LogP contribution in [0, 0.1) is 12.3 Å². The van der Waals surface area contributed by atoms with E-state index in [0.29, 0.717) is 23.0 Å². The number of hydrogen-bond acceptors (Lipinski definition) is 5. The van der Waals surface area contributed by atoms with Gasteiger partial charge in [0, 0.05) is 12.6 Å². The van der Waals surface area contributed by atoms with Gasteiger partial charge < -0.3 is 10.1 Å². The van der Waals surface area contributed by atoms with Crippen LogP contribution >= 0.6 is 0 Å². The zero-order chi connectivity index (χ0) is 13.8. The lowest BCUT2D eigenvalue weighted by atomic mass is 10.0. The largest absolute Gasteiger partial charge is 0.480 e. The second-order valence-electron chi connectivity index (χ2n) is 4.10. The molecule has 5 nitrogen and oxygen atoms in total. The maximum Gasteiger partial charge on any atom is 0.227 e. The van der Waals surface area contributed by atoms with Crippen molar-refractivity contribution < 1.29 is 4.74 Å². The maximum atomic E-state index is 8.36. The lowest BCUT2D eigenvalue weighted by molar-refractivity contribution is 0.396. The molecule has 1 aromatic heterocycles. The van der Waals surface area contributed by atoms with Crippen molar-refractivity contribution in [2.24, 2.45) is 0 Å². The molecule has 0 unspecified atom stereocenters. The summed E-state index contributed by atoms with van der Waals surface area (Å²) in [6.45, 7) is 1.99. The molecule has 0 atom stereocenters. The molecule has 0 bridgehead atoms. The summed E-state index contributed by atoms with van der Waals surface area (Å²) in [5.74, 6) is 0.976. The van der Waals surface area contributed by atoms with Gasteiger partial charge in [0.05, 0.1) is 12.8 Å². The van der Waals surface area contributed by atoms with E-state index in [4.69, 9.17) is 10.1 Å². The molecule has 0 amide bonds. The third-order valence-corrected chi connectivity index (χ3v) is 2.80. The summed E-state index contributed by atoms with van der Waals surface area (Å²) < 4.78 is 5.23. The summed E-state index contributed by atoms with van der Waals surface area (Å²) in [7, 11) is 3.30. The SMILES string of the molecule is CNc1ncnc(OC)c1C(=N)c1cccc(C)c1. The number of aryl methyl sites for hydroxylation is 1. The molecule has 0 saturated carbocycles. The third-order valence-electron chi connectivity index (χ3n) is 2.80. The van der Waals surface area contributed by atoms with Crippen LogP contribution < -0.4 is 10.1 Å². The molecule has 2 N–H and O–H groups in total. The lowest BCUT2D eigenvalue weighted by Gasteiger charge is -2.12. The zero-order valence-corrected chi connectivity index (χ0v) is 11.2. The van der Waals surface area contributed by atoms with E-state index in [1.165, 1.54) is 13.4 Å². The number of aromatic nitrogens is 2. The lowest BCUT2D eigenvalue weighted by Crippen LogP contribution is -2.10. The highest BCUT2D eigenvalue weighted by molar-refractivity contribution is 6.15. The van der Waals surface area contributed by atoms with E-state index < -0.39 is 0 Å². The van der Waals surface area contributed by atoms with Gasteiger partial charge in [-0.15, -0.1) is 0 Å². The molecule has 0 saturated heterocycles. The van der Waals surface area contributed by atoms with Crippen LogP contribution in [0.3, 0.4) is 0 Å². The van der Waals surface area contributed by atoms with Gasteiger partial charge in [0.1, 0.15) is 17.7 Å². The first-order valence-corrected chi connectivity index (χ1v) is 5.90. The monoisotopic (exact) mass is 256 g/mol. The van der Waals surface area contributed by atoms with Gasteiger partial charge in [-0.2, -0.15) is 0 Å². The molecule has 0 spiro atoms. The number of nitrogens with zero attached hydrogens (tertiary/aromatic N) is 2. The van der Waals surface area contributed by atoms with Crippen LogP contribution in [0.1, 0.15) is 16.7 Å². The van der Waals surface area contributed by atoms with Crippen LogP contribution in [-0.4, -0.2) is 29.8 Å². The molecule has 19 heavy (non-hydrogen) atoms. The number of hydrogen-bond donors (Lipinski definition) is 2. The Labute approximate surface area is 112 Å². The molecule has 0 radical (unpaired) electrons. The molecule has 0 aliphatic carbocycles. The second kappa shape index (κ2) is 5.48. The predicted molar refractivity (Wildman–Crippen MR) is 75.2 cm³/mol. The highest BCUT2D eigenvalue weighted by Crippen LogP contribution is 2.24. The van der Waals surface area contributed by atoms with Gasteiger partial charge in [0.25, 0.3) is 0 Å². The first kappa shape index (κ1) is 13.0. The number of nitrogens with one attached hydrogen (secondary N) is 2. The Kier molecular flexibility index (Phi) is 3.75. The topological polar surface area (TPSA) is 70.9 Å². The Hall–Kier alpha value is -2.43. The minimum Gasteiger partial charge on any atom is -0.480 e. The smallest absolute Gasteiger partial charge is 0.227 e. The van der Waals surface area contributed by atoms with Gasteiger partial charge in [-0.1, -0.05) is 23.8 Å². The van der Waals surface area contributed by atoms with E-state index in [1.807, 2.05) is 31.2 Å². The van der Waals surface area contributed by atoms with Crippen LogP contribution in [0.15, 0.2) is 30.6 Å². The van der Waals surface area contributed by atoms with Crippen LogP contribution in [0.25, 0.3) is 0 Å². The number of anilines is 1. The van der Waals surface area contributed by atoms with Crippen molar-refractivity contribution >= 4 is 11.5 Å². The summed E-state index contributed by atoms with van der Waals surface area (Å²) >= 11 is 0. The Balaban J connectivity index is 2.55. The Morgan fingerprint density at radius 3 is 2.74 bits per heavy atom. The predicted octanol–water partition coefficient (Wildman–Crippen LogP) is 2.25. The van der Waals surface area contributed by atoms with Gasteiger partial charge in [0.2, 0.25) is 5.88 Å². The molecule has 2 rings (SSSR count). The van der Waals surface area contributed by atoms with Crippen molar-refractivity contribution in [1.29, 1.82) is 5.41 Å². The van der Waals surface area contributed by atoms with Gasteiger partial charge in [-0.25, -0.2) is 9.97 Å². The summed E-state index contributed by atoms with van der Waals surface area (Å²) in [6.07, 6.45) is 1.41. The summed E-state index contributed by atoms with van der Waals surface area (Å²) in [4.78, 5) is 8.19. The molecule has 98 valence electrons. The van der Waals surface area contributed by atoms with Crippen molar-refractivity contribution in [1.82, 2.24) is 9.97 Å². The molecular weight excluding hydrogens is 240 g/mol. The highest BCUT2D eigenvalue weighted by Gasteiger charge is 2.17. The molecule has 1 aromatic carbocycles. The first-order valence-electron chi connectivity index (χ1n) is 5.90.